The number of hydrogen-bond acceptors (Lipinski definition) is 3. The van der Waals surface area contributed by atoms with Gasteiger partial charge >= 0.3 is 0 Å². The molecule has 7 heteroatoms. The Labute approximate surface area is 158 Å². The van der Waals surface area contributed by atoms with Crippen molar-refractivity contribution in [1.82, 2.24) is 15.1 Å². The van der Waals surface area contributed by atoms with Gasteiger partial charge in [-0.2, -0.15) is 0 Å². The van der Waals surface area contributed by atoms with Gasteiger partial charge in [-0.25, -0.2) is 8.78 Å². The lowest BCUT2D eigenvalue weighted by Gasteiger charge is -2.40. The number of carbonyl (C=O) groups excluding carboxylic acids is 2. The lowest BCUT2D eigenvalue weighted by molar-refractivity contribution is -0.129. The summed E-state index contributed by atoms with van der Waals surface area (Å²) in [5.41, 5.74) is 0.376. The Morgan fingerprint density at radius 2 is 1.85 bits per heavy atom. The van der Waals surface area contributed by atoms with E-state index in [0.29, 0.717) is 25.1 Å². The fraction of sp³-hybridized carbons (Fsp3) is 0.600. The van der Waals surface area contributed by atoms with Crippen molar-refractivity contribution in [2.24, 2.45) is 5.41 Å². The minimum absolute atomic E-state index is 0.0323. The SMILES string of the molecule is CCNC(=O)C(C)N1CCC2(CC1)CC(=O)N(Cc1cc(F)cc(F)c1)C2. The predicted molar refractivity (Wildman–Crippen MR) is 97.8 cm³/mol. The monoisotopic (exact) mass is 379 g/mol. The van der Waals surface area contributed by atoms with Crippen LogP contribution in [-0.2, 0) is 16.1 Å². The quantitative estimate of drug-likeness (QED) is 0.854. The van der Waals surface area contributed by atoms with Gasteiger partial charge in [0.25, 0.3) is 0 Å². The molecule has 1 spiro atoms. The van der Waals surface area contributed by atoms with Gasteiger partial charge in [-0.3, -0.25) is 14.5 Å². The number of likely N-dealkylation sites (tertiary alicyclic amines) is 2. The maximum atomic E-state index is 13.4. The molecule has 2 amide bonds. The van der Waals surface area contributed by atoms with Crippen LogP contribution >= 0.6 is 0 Å². The summed E-state index contributed by atoms with van der Waals surface area (Å²) in [7, 11) is 0. The van der Waals surface area contributed by atoms with Gasteiger partial charge in [-0.1, -0.05) is 0 Å². The molecule has 0 saturated carbocycles. The van der Waals surface area contributed by atoms with Crippen LogP contribution in [0.15, 0.2) is 18.2 Å². The van der Waals surface area contributed by atoms with Crippen LogP contribution in [0.2, 0.25) is 0 Å². The molecule has 0 radical (unpaired) electrons. The summed E-state index contributed by atoms with van der Waals surface area (Å²) in [6, 6.07) is 3.21. The number of nitrogens with zero attached hydrogens (tertiary/aromatic N) is 2. The van der Waals surface area contributed by atoms with E-state index in [1.54, 1.807) is 4.90 Å². The van der Waals surface area contributed by atoms with Crippen molar-refractivity contribution >= 4 is 11.8 Å². The van der Waals surface area contributed by atoms with Crippen LogP contribution in [0.1, 0.15) is 38.7 Å². The Bertz CT molecular complexity index is 697. The van der Waals surface area contributed by atoms with E-state index >= 15 is 0 Å². The maximum absolute atomic E-state index is 13.4. The minimum atomic E-state index is -0.626. The second-order valence-electron chi connectivity index (χ2n) is 7.81. The molecule has 2 saturated heterocycles. The molecule has 2 aliphatic rings. The van der Waals surface area contributed by atoms with Crippen molar-refractivity contribution in [3.05, 3.63) is 35.4 Å². The smallest absolute Gasteiger partial charge is 0.237 e. The molecule has 2 aliphatic heterocycles. The summed E-state index contributed by atoms with van der Waals surface area (Å²) in [5.74, 6) is -1.19. The molecule has 27 heavy (non-hydrogen) atoms. The van der Waals surface area contributed by atoms with Crippen LogP contribution in [0, 0.1) is 17.0 Å². The van der Waals surface area contributed by atoms with Crippen LogP contribution < -0.4 is 5.32 Å². The molecule has 5 nitrogen and oxygen atoms in total. The van der Waals surface area contributed by atoms with Gasteiger partial charge in [0.2, 0.25) is 11.8 Å². The highest BCUT2D eigenvalue weighted by Crippen LogP contribution is 2.41. The number of hydrogen-bond donors (Lipinski definition) is 1. The first kappa shape index (κ1) is 19.7. The Morgan fingerprint density at radius 1 is 1.22 bits per heavy atom. The molecule has 0 bridgehead atoms. The van der Waals surface area contributed by atoms with E-state index in [9.17, 15) is 18.4 Å². The summed E-state index contributed by atoms with van der Waals surface area (Å²) in [6.45, 7) is 6.81. The molecule has 2 fully saturated rings. The Balaban J connectivity index is 1.60. The van der Waals surface area contributed by atoms with E-state index in [4.69, 9.17) is 0 Å². The summed E-state index contributed by atoms with van der Waals surface area (Å²) in [6.07, 6.45) is 2.15. The zero-order valence-electron chi connectivity index (χ0n) is 15.9. The summed E-state index contributed by atoms with van der Waals surface area (Å²) < 4.78 is 26.8. The highest BCUT2D eigenvalue weighted by Gasteiger charge is 2.45. The van der Waals surface area contributed by atoms with Crippen LogP contribution in [0.25, 0.3) is 0 Å². The van der Waals surface area contributed by atoms with Crippen molar-refractivity contribution in [2.75, 3.05) is 26.2 Å². The first-order valence-electron chi connectivity index (χ1n) is 9.56. The third-order valence-corrected chi connectivity index (χ3v) is 5.84. The molecule has 3 rings (SSSR count). The third kappa shape index (κ3) is 4.46. The Kier molecular flexibility index (Phi) is 5.79. The molecule has 1 aromatic carbocycles. The number of benzene rings is 1. The Hall–Kier alpha value is -2.02. The number of likely N-dealkylation sites (N-methyl/N-ethyl adjacent to an activating group) is 1. The molecule has 2 heterocycles. The summed E-state index contributed by atoms with van der Waals surface area (Å²) in [4.78, 5) is 28.4. The third-order valence-electron chi connectivity index (χ3n) is 5.84. The predicted octanol–water partition coefficient (Wildman–Crippen LogP) is 2.30. The Morgan fingerprint density at radius 3 is 2.44 bits per heavy atom. The van der Waals surface area contributed by atoms with E-state index in [0.717, 1.165) is 32.0 Å². The fourth-order valence-corrected chi connectivity index (χ4v) is 4.26. The summed E-state index contributed by atoms with van der Waals surface area (Å²) >= 11 is 0. The number of piperidine rings is 1. The van der Waals surface area contributed by atoms with Gasteiger partial charge in [-0.15, -0.1) is 0 Å². The largest absolute Gasteiger partial charge is 0.355 e. The van der Waals surface area contributed by atoms with Crippen molar-refractivity contribution in [3.63, 3.8) is 0 Å². The molecule has 1 unspecified atom stereocenters. The van der Waals surface area contributed by atoms with Gasteiger partial charge in [0.1, 0.15) is 11.6 Å². The van der Waals surface area contributed by atoms with Crippen LogP contribution in [-0.4, -0.2) is 53.8 Å². The van der Waals surface area contributed by atoms with Gasteiger partial charge in [-0.05, 0) is 62.9 Å². The average molecular weight is 379 g/mol. The molecule has 1 atom stereocenters. The molecule has 0 aliphatic carbocycles. The lowest BCUT2D eigenvalue weighted by atomic mass is 9.77. The number of carbonyl (C=O) groups is 2. The van der Waals surface area contributed by atoms with E-state index < -0.39 is 11.6 Å². The minimum Gasteiger partial charge on any atom is -0.355 e. The molecular formula is C20H27F2N3O2. The van der Waals surface area contributed by atoms with Crippen LogP contribution in [0.5, 0.6) is 0 Å². The van der Waals surface area contributed by atoms with Gasteiger partial charge in [0.05, 0.1) is 6.04 Å². The zero-order valence-corrected chi connectivity index (χ0v) is 15.9. The van der Waals surface area contributed by atoms with Crippen molar-refractivity contribution in [1.29, 1.82) is 0 Å². The van der Waals surface area contributed by atoms with Gasteiger partial charge < -0.3 is 10.2 Å². The average Bonchev–Trinajstić information content (AvgIpc) is 2.89. The fourth-order valence-electron chi connectivity index (χ4n) is 4.26. The van der Waals surface area contributed by atoms with E-state index in [-0.39, 0.29) is 29.8 Å². The van der Waals surface area contributed by atoms with Gasteiger partial charge in [0.15, 0.2) is 0 Å². The molecular weight excluding hydrogens is 352 g/mol. The first-order chi connectivity index (χ1) is 12.8. The molecule has 148 valence electrons. The molecule has 1 N–H and O–H groups in total. The lowest BCUT2D eigenvalue weighted by Crippen LogP contribution is -2.50. The number of amides is 2. The van der Waals surface area contributed by atoms with Crippen LogP contribution in [0.4, 0.5) is 8.78 Å². The highest BCUT2D eigenvalue weighted by molar-refractivity contribution is 5.81. The second-order valence-corrected chi connectivity index (χ2v) is 7.81. The number of halogens is 2. The van der Waals surface area contributed by atoms with Crippen LogP contribution in [0.3, 0.4) is 0 Å². The van der Waals surface area contributed by atoms with Gasteiger partial charge in [0, 0.05) is 32.1 Å². The van der Waals surface area contributed by atoms with Crippen molar-refractivity contribution in [3.8, 4) is 0 Å². The number of rotatable bonds is 5. The summed E-state index contributed by atoms with van der Waals surface area (Å²) in [5, 5.41) is 2.85. The zero-order chi connectivity index (χ0) is 19.6. The normalized spacial score (nSPS) is 20.9. The maximum Gasteiger partial charge on any atom is 0.237 e. The number of nitrogens with one attached hydrogen (secondary N) is 1. The van der Waals surface area contributed by atoms with E-state index in [1.807, 2.05) is 13.8 Å². The van der Waals surface area contributed by atoms with E-state index in [2.05, 4.69) is 10.2 Å². The van der Waals surface area contributed by atoms with E-state index in [1.165, 1.54) is 12.1 Å². The van der Waals surface area contributed by atoms with Crippen molar-refractivity contribution in [2.45, 2.75) is 45.7 Å². The first-order valence-corrected chi connectivity index (χ1v) is 9.56. The highest BCUT2D eigenvalue weighted by atomic mass is 19.1. The second kappa shape index (κ2) is 7.92. The molecule has 1 aromatic rings. The molecule has 0 aromatic heterocycles. The topological polar surface area (TPSA) is 52.7 Å². The van der Waals surface area contributed by atoms with Crippen molar-refractivity contribution < 1.29 is 18.4 Å². The standard InChI is InChI=1S/C20H27F2N3O2/c1-3-23-19(27)14(2)24-6-4-20(5-7-24)11-18(26)25(13-20)12-15-8-16(21)10-17(22)9-15/h8-10,14H,3-7,11-13H2,1-2H3,(H,23,27).